The summed E-state index contributed by atoms with van der Waals surface area (Å²) in [7, 11) is 0. The van der Waals surface area contributed by atoms with E-state index in [4.69, 9.17) is 5.11 Å². The maximum absolute atomic E-state index is 11.6. The summed E-state index contributed by atoms with van der Waals surface area (Å²) in [6.07, 6.45) is 0.221. The minimum atomic E-state index is -1.15. The van der Waals surface area contributed by atoms with E-state index in [9.17, 15) is 19.7 Å². The molecule has 0 bridgehead atoms. The highest BCUT2D eigenvalue weighted by molar-refractivity contribution is 9.10. The molecule has 1 atom stereocenters. The summed E-state index contributed by atoms with van der Waals surface area (Å²) in [6.45, 7) is 1.61. The second kappa shape index (κ2) is 6.85. The number of carboxylic acid groups (broad SMARTS) is 1. The van der Waals surface area contributed by atoms with Crippen molar-refractivity contribution in [1.29, 1.82) is 0 Å². The SMILES string of the molecule is CC[C@H](NC(=O)Nc1cc([N+](=O)[O-])ccc1Br)C(=O)O. The Kier molecular flexibility index (Phi) is 5.44. The minimum Gasteiger partial charge on any atom is -0.480 e. The van der Waals surface area contributed by atoms with E-state index < -0.39 is 23.0 Å². The van der Waals surface area contributed by atoms with Gasteiger partial charge in [-0.3, -0.25) is 10.1 Å². The van der Waals surface area contributed by atoms with Crippen LogP contribution in [-0.2, 0) is 4.79 Å². The molecule has 0 aliphatic rings. The van der Waals surface area contributed by atoms with Gasteiger partial charge >= 0.3 is 12.0 Å². The van der Waals surface area contributed by atoms with Gasteiger partial charge in [0.2, 0.25) is 0 Å². The number of benzene rings is 1. The third-order valence-electron chi connectivity index (χ3n) is 2.42. The minimum absolute atomic E-state index is 0.178. The van der Waals surface area contributed by atoms with Gasteiger partial charge in [0.25, 0.3) is 5.69 Å². The van der Waals surface area contributed by atoms with Crippen molar-refractivity contribution in [2.75, 3.05) is 5.32 Å². The fourth-order valence-electron chi connectivity index (χ4n) is 1.38. The lowest BCUT2D eigenvalue weighted by Gasteiger charge is -2.13. The van der Waals surface area contributed by atoms with E-state index in [0.29, 0.717) is 4.47 Å². The van der Waals surface area contributed by atoms with Crippen LogP contribution in [0.2, 0.25) is 0 Å². The van der Waals surface area contributed by atoms with Gasteiger partial charge in [0.1, 0.15) is 6.04 Å². The van der Waals surface area contributed by atoms with E-state index in [1.807, 2.05) is 0 Å². The Morgan fingerprint density at radius 1 is 1.50 bits per heavy atom. The van der Waals surface area contributed by atoms with E-state index in [-0.39, 0.29) is 17.8 Å². The van der Waals surface area contributed by atoms with Crippen LogP contribution in [0.15, 0.2) is 22.7 Å². The molecule has 20 heavy (non-hydrogen) atoms. The number of anilines is 1. The van der Waals surface area contributed by atoms with Crippen molar-refractivity contribution in [3.05, 3.63) is 32.8 Å². The molecule has 0 saturated carbocycles. The first-order chi connectivity index (χ1) is 9.35. The van der Waals surface area contributed by atoms with Crippen LogP contribution in [0.4, 0.5) is 16.2 Å². The Morgan fingerprint density at radius 2 is 2.15 bits per heavy atom. The number of urea groups is 1. The Morgan fingerprint density at radius 3 is 2.65 bits per heavy atom. The van der Waals surface area contributed by atoms with Crippen molar-refractivity contribution in [2.24, 2.45) is 0 Å². The number of nitrogens with zero attached hydrogens (tertiary/aromatic N) is 1. The summed E-state index contributed by atoms with van der Waals surface area (Å²) in [5.41, 5.74) is -0.00859. The zero-order chi connectivity index (χ0) is 15.3. The molecule has 0 aromatic heterocycles. The van der Waals surface area contributed by atoms with Gasteiger partial charge in [0.05, 0.1) is 10.6 Å². The van der Waals surface area contributed by atoms with E-state index in [0.717, 1.165) is 0 Å². The van der Waals surface area contributed by atoms with Gasteiger partial charge in [-0.2, -0.15) is 0 Å². The van der Waals surface area contributed by atoms with Gasteiger partial charge in [-0.1, -0.05) is 6.92 Å². The second-order valence-electron chi connectivity index (χ2n) is 3.82. The zero-order valence-corrected chi connectivity index (χ0v) is 12.0. The van der Waals surface area contributed by atoms with Gasteiger partial charge in [0.15, 0.2) is 0 Å². The average Bonchev–Trinajstić information content (AvgIpc) is 2.37. The molecule has 0 heterocycles. The third-order valence-corrected chi connectivity index (χ3v) is 3.11. The molecule has 0 aliphatic carbocycles. The Hall–Kier alpha value is -2.16. The molecule has 108 valence electrons. The number of nitrogens with one attached hydrogen (secondary N) is 2. The smallest absolute Gasteiger partial charge is 0.326 e. The maximum atomic E-state index is 11.6. The van der Waals surface area contributed by atoms with Crippen molar-refractivity contribution in [2.45, 2.75) is 19.4 Å². The predicted octanol–water partition coefficient (Wildman–Crippen LogP) is 2.34. The number of carboxylic acids is 1. The first kappa shape index (κ1) is 15.9. The summed E-state index contributed by atoms with van der Waals surface area (Å²) in [5, 5.41) is 24.1. The van der Waals surface area contributed by atoms with Crippen molar-refractivity contribution < 1.29 is 19.6 Å². The van der Waals surface area contributed by atoms with Gasteiger partial charge in [-0.05, 0) is 28.4 Å². The molecule has 0 radical (unpaired) electrons. The molecular formula is C11H12BrN3O5. The predicted molar refractivity (Wildman–Crippen MR) is 74.7 cm³/mol. The number of hydrogen-bond donors (Lipinski definition) is 3. The molecule has 8 nitrogen and oxygen atoms in total. The van der Waals surface area contributed by atoms with Gasteiger partial charge < -0.3 is 15.7 Å². The molecule has 1 rings (SSSR count). The normalized spacial score (nSPS) is 11.5. The van der Waals surface area contributed by atoms with Crippen LogP contribution in [0.1, 0.15) is 13.3 Å². The van der Waals surface area contributed by atoms with Crippen LogP contribution in [0.25, 0.3) is 0 Å². The molecule has 0 spiro atoms. The topological polar surface area (TPSA) is 122 Å². The number of amides is 2. The van der Waals surface area contributed by atoms with Gasteiger partial charge in [-0.15, -0.1) is 0 Å². The molecule has 9 heteroatoms. The lowest BCUT2D eigenvalue weighted by Crippen LogP contribution is -2.42. The number of rotatable bonds is 5. The van der Waals surface area contributed by atoms with Crippen LogP contribution in [-0.4, -0.2) is 28.1 Å². The van der Waals surface area contributed by atoms with Crippen molar-refractivity contribution in [3.8, 4) is 0 Å². The summed E-state index contributed by atoms with van der Waals surface area (Å²) in [4.78, 5) is 32.5. The summed E-state index contributed by atoms with van der Waals surface area (Å²) in [5.74, 6) is -1.15. The second-order valence-corrected chi connectivity index (χ2v) is 4.67. The van der Waals surface area contributed by atoms with Crippen molar-refractivity contribution in [3.63, 3.8) is 0 Å². The Balaban J connectivity index is 2.82. The van der Waals surface area contributed by atoms with E-state index in [2.05, 4.69) is 26.6 Å². The standard InChI is InChI=1S/C11H12BrN3O5/c1-2-8(10(16)17)13-11(18)14-9-5-6(15(19)20)3-4-7(9)12/h3-5,8H,2H2,1H3,(H,16,17)(H2,13,14,18)/t8-/m0/s1. The molecule has 1 aromatic rings. The van der Waals surface area contributed by atoms with E-state index in [1.165, 1.54) is 18.2 Å². The largest absolute Gasteiger partial charge is 0.480 e. The van der Waals surface area contributed by atoms with Crippen molar-refractivity contribution in [1.82, 2.24) is 5.32 Å². The Labute approximate surface area is 122 Å². The number of aliphatic carboxylic acids is 1. The summed E-state index contributed by atoms with van der Waals surface area (Å²) in [6, 6.07) is 2.10. The molecule has 3 N–H and O–H groups in total. The Bertz CT molecular complexity index is 549. The summed E-state index contributed by atoms with van der Waals surface area (Å²) < 4.78 is 0.446. The van der Waals surface area contributed by atoms with Crippen molar-refractivity contribution >= 4 is 39.3 Å². The summed E-state index contributed by atoms with van der Waals surface area (Å²) >= 11 is 3.14. The highest BCUT2D eigenvalue weighted by Gasteiger charge is 2.18. The van der Waals surface area contributed by atoms with E-state index in [1.54, 1.807) is 6.92 Å². The number of carbonyl (C=O) groups is 2. The number of nitro benzene ring substituents is 1. The monoisotopic (exact) mass is 345 g/mol. The molecule has 0 saturated heterocycles. The highest BCUT2D eigenvalue weighted by atomic mass is 79.9. The van der Waals surface area contributed by atoms with Crippen LogP contribution in [0.3, 0.4) is 0 Å². The van der Waals surface area contributed by atoms with Crippen LogP contribution < -0.4 is 10.6 Å². The molecular weight excluding hydrogens is 334 g/mol. The quantitative estimate of drug-likeness (QED) is 0.558. The average molecular weight is 346 g/mol. The molecule has 2 amide bonds. The first-order valence-corrected chi connectivity index (χ1v) is 6.38. The molecule has 0 fully saturated rings. The molecule has 0 unspecified atom stereocenters. The highest BCUT2D eigenvalue weighted by Crippen LogP contribution is 2.26. The number of hydrogen-bond acceptors (Lipinski definition) is 4. The lowest BCUT2D eigenvalue weighted by atomic mass is 10.2. The fraction of sp³-hybridized carbons (Fsp3) is 0.273. The third kappa shape index (κ3) is 4.19. The zero-order valence-electron chi connectivity index (χ0n) is 10.4. The van der Waals surface area contributed by atoms with Gasteiger partial charge in [-0.25, -0.2) is 9.59 Å². The van der Waals surface area contributed by atoms with Crippen LogP contribution >= 0.6 is 15.9 Å². The molecule has 0 aliphatic heterocycles. The first-order valence-electron chi connectivity index (χ1n) is 5.59. The number of nitro groups is 1. The molecule has 1 aromatic carbocycles. The lowest BCUT2D eigenvalue weighted by molar-refractivity contribution is -0.384. The fourth-order valence-corrected chi connectivity index (χ4v) is 1.72. The number of non-ortho nitro benzene ring substituents is 1. The van der Waals surface area contributed by atoms with E-state index >= 15 is 0 Å². The van der Waals surface area contributed by atoms with Gasteiger partial charge in [0, 0.05) is 16.6 Å². The van der Waals surface area contributed by atoms with Crippen LogP contribution in [0, 0.1) is 10.1 Å². The number of carbonyl (C=O) groups excluding carboxylic acids is 1. The van der Waals surface area contributed by atoms with Crippen LogP contribution in [0.5, 0.6) is 0 Å². The number of halogens is 1. The maximum Gasteiger partial charge on any atom is 0.326 e.